The minimum Gasteiger partial charge on any atom is -0.459 e. The van der Waals surface area contributed by atoms with Crippen LogP contribution in [0.4, 0.5) is 0 Å². The second-order valence-corrected chi connectivity index (χ2v) is 7.04. The van der Waals surface area contributed by atoms with Gasteiger partial charge in [0, 0.05) is 0 Å². The Labute approximate surface area is 125 Å². The minimum absolute atomic E-state index is 0.0751. The van der Waals surface area contributed by atoms with Crippen molar-refractivity contribution in [3.63, 3.8) is 0 Å². The van der Waals surface area contributed by atoms with Gasteiger partial charge in [-0.05, 0) is 55.6 Å². The van der Waals surface area contributed by atoms with Crippen LogP contribution in [-0.2, 0) is 9.47 Å². The number of rotatable bonds is 2. The molecule has 1 aromatic rings. The van der Waals surface area contributed by atoms with Crippen molar-refractivity contribution in [3.05, 3.63) is 35.9 Å². The highest BCUT2D eigenvalue weighted by atomic mass is 16.6. The van der Waals surface area contributed by atoms with Gasteiger partial charge in [0.1, 0.15) is 6.10 Å². The van der Waals surface area contributed by atoms with E-state index in [9.17, 15) is 4.79 Å². The Hall–Kier alpha value is -1.35. The van der Waals surface area contributed by atoms with E-state index in [4.69, 9.17) is 9.47 Å². The molecule has 1 aliphatic heterocycles. The van der Waals surface area contributed by atoms with Crippen molar-refractivity contribution >= 4 is 5.97 Å². The molecule has 0 radical (unpaired) electrons. The van der Waals surface area contributed by atoms with Gasteiger partial charge in [0.15, 0.2) is 0 Å². The van der Waals surface area contributed by atoms with Gasteiger partial charge in [0.2, 0.25) is 0 Å². The summed E-state index contributed by atoms with van der Waals surface area (Å²) in [5.41, 5.74) is 0.971. The highest BCUT2D eigenvalue weighted by molar-refractivity contribution is 5.89. The van der Waals surface area contributed by atoms with Crippen molar-refractivity contribution in [1.82, 2.24) is 0 Å². The quantitative estimate of drug-likeness (QED) is 0.616. The Morgan fingerprint density at radius 1 is 1.24 bits per heavy atom. The van der Waals surface area contributed by atoms with E-state index in [1.807, 2.05) is 30.3 Å². The van der Waals surface area contributed by atoms with E-state index < -0.39 is 0 Å². The number of hydrogen-bond acceptors (Lipinski definition) is 3. The number of ether oxygens (including phenoxy) is 2. The van der Waals surface area contributed by atoms with Crippen molar-refractivity contribution in [1.29, 1.82) is 0 Å². The first kappa shape index (κ1) is 13.3. The van der Waals surface area contributed by atoms with Crippen LogP contribution in [0.15, 0.2) is 30.3 Å². The molecule has 5 atom stereocenters. The van der Waals surface area contributed by atoms with Gasteiger partial charge in [-0.2, -0.15) is 0 Å². The lowest BCUT2D eigenvalue weighted by molar-refractivity contribution is -0.0280. The average molecular weight is 286 g/mol. The first-order valence-electron chi connectivity index (χ1n) is 8.08. The smallest absolute Gasteiger partial charge is 0.338 e. The standard InChI is InChI=1S/C18H22O3/c1-18-10-9-14(11-13(18)7-8-15-16(18)21-15)20-17(19)12-5-3-2-4-6-12/h2-6,13-16H,7-11H2,1H3/t13?,14-,15+,16+,18-/m0/s1. The molecule has 2 aliphatic carbocycles. The molecule has 0 spiro atoms. The molecule has 3 heteroatoms. The van der Waals surface area contributed by atoms with Gasteiger partial charge in [-0.3, -0.25) is 0 Å². The molecule has 0 aromatic heterocycles. The van der Waals surface area contributed by atoms with Gasteiger partial charge in [-0.15, -0.1) is 0 Å². The van der Waals surface area contributed by atoms with Gasteiger partial charge in [0.05, 0.1) is 17.8 Å². The molecule has 3 fully saturated rings. The SMILES string of the molecule is C[C@]12CC[C@H](OC(=O)c3ccccc3)CC1CC[C@H]1O[C@H]12. The molecule has 0 N–H and O–H groups in total. The molecule has 1 aromatic carbocycles. The zero-order valence-corrected chi connectivity index (χ0v) is 12.5. The third-order valence-corrected chi connectivity index (χ3v) is 5.80. The molecule has 1 unspecified atom stereocenters. The summed E-state index contributed by atoms with van der Waals surface area (Å²) < 4.78 is 11.6. The number of benzene rings is 1. The van der Waals surface area contributed by atoms with Crippen LogP contribution in [0.2, 0.25) is 0 Å². The number of hydrogen-bond donors (Lipinski definition) is 0. The van der Waals surface area contributed by atoms with Crippen LogP contribution in [0, 0.1) is 11.3 Å². The normalized spacial score (nSPS) is 40.8. The maximum Gasteiger partial charge on any atom is 0.338 e. The fraction of sp³-hybridized carbons (Fsp3) is 0.611. The van der Waals surface area contributed by atoms with Crippen LogP contribution in [0.5, 0.6) is 0 Å². The first-order chi connectivity index (χ1) is 10.2. The van der Waals surface area contributed by atoms with Gasteiger partial charge in [-0.25, -0.2) is 4.79 Å². The summed E-state index contributed by atoms with van der Waals surface area (Å²) in [5.74, 6) is 0.462. The Balaban J connectivity index is 1.41. The van der Waals surface area contributed by atoms with Crippen molar-refractivity contribution in [2.24, 2.45) is 11.3 Å². The van der Waals surface area contributed by atoms with E-state index in [1.165, 1.54) is 12.8 Å². The van der Waals surface area contributed by atoms with Gasteiger partial charge in [0.25, 0.3) is 0 Å². The molecule has 0 amide bonds. The highest BCUT2D eigenvalue weighted by Crippen LogP contribution is 2.58. The molecule has 21 heavy (non-hydrogen) atoms. The number of carbonyl (C=O) groups excluding carboxylic acids is 1. The van der Waals surface area contributed by atoms with Crippen molar-refractivity contribution in [2.75, 3.05) is 0 Å². The number of fused-ring (bicyclic) bond motifs is 3. The van der Waals surface area contributed by atoms with E-state index in [-0.39, 0.29) is 12.1 Å². The molecule has 2 saturated carbocycles. The third-order valence-electron chi connectivity index (χ3n) is 5.80. The maximum absolute atomic E-state index is 12.2. The molecule has 1 heterocycles. The van der Waals surface area contributed by atoms with Crippen LogP contribution in [0.3, 0.4) is 0 Å². The summed E-state index contributed by atoms with van der Waals surface area (Å²) in [6.45, 7) is 2.37. The van der Waals surface area contributed by atoms with E-state index in [2.05, 4.69) is 6.92 Å². The average Bonchev–Trinajstić information content (AvgIpc) is 3.30. The Morgan fingerprint density at radius 3 is 2.86 bits per heavy atom. The second kappa shape index (κ2) is 4.84. The van der Waals surface area contributed by atoms with E-state index in [0.717, 1.165) is 19.3 Å². The number of epoxide rings is 1. The van der Waals surface area contributed by atoms with E-state index in [0.29, 0.717) is 29.1 Å². The van der Waals surface area contributed by atoms with Crippen LogP contribution in [-0.4, -0.2) is 24.3 Å². The molecular formula is C18H22O3. The number of esters is 1. The predicted octanol–water partition coefficient (Wildman–Crippen LogP) is 3.58. The van der Waals surface area contributed by atoms with Gasteiger partial charge >= 0.3 is 5.97 Å². The summed E-state index contributed by atoms with van der Waals surface area (Å²) in [4.78, 5) is 12.2. The third kappa shape index (κ3) is 2.28. The molecule has 3 nitrogen and oxygen atoms in total. The number of carbonyl (C=O) groups is 1. The van der Waals surface area contributed by atoms with Crippen molar-refractivity contribution < 1.29 is 14.3 Å². The van der Waals surface area contributed by atoms with Crippen LogP contribution < -0.4 is 0 Å². The molecule has 112 valence electrons. The molecule has 4 rings (SSSR count). The predicted molar refractivity (Wildman–Crippen MR) is 79.0 cm³/mol. The summed E-state index contributed by atoms with van der Waals surface area (Å²) in [7, 11) is 0. The summed E-state index contributed by atoms with van der Waals surface area (Å²) >= 11 is 0. The van der Waals surface area contributed by atoms with Crippen LogP contribution in [0.1, 0.15) is 49.4 Å². The van der Waals surface area contributed by atoms with Crippen molar-refractivity contribution in [3.8, 4) is 0 Å². The lowest BCUT2D eigenvalue weighted by atomic mass is 9.60. The van der Waals surface area contributed by atoms with Crippen LogP contribution >= 0.6 is 0 Å². The fourth-order valence-corrected chi connectivity index (χ4v) is 4.41. The van der Waals surface area contributed by atoms with Gasteiger partial charge in [-0.1, -0.05) is 25.1 Å². The first-order valence-corrected chi connectivity index (χ1v) is 8.08. The Morgan fingerprint density at radius 2 is 2.05 bits per heavy atom. The van der Waals surface area contributed by atoms with Crippen molar-refractivity contribution in [2.45, 2.75) is 57.3 Å². The molecule has 1 saturated heterocycles. The zero-order chi connectivity index (χ0) is 14.4. The zero-order valence-electron chi connectivity index (χ0n) is 12.5. The summed E-state index contributed by atoms with van der Waals surface area (Å²) in [6, 6.07) is 9.30. The molecule has 3 aliphatic rings. The monoisotopic (exact) mass is 286 g/mol. The minimum atomic E-state index is -0.180. The second-order valence-electron chi connectivity index (χ2n) is 7.04. The maximum atomic E-state index is 12.2. The topological polar surface area (TPSA) is 38.8 Å². The lowest BCUT2D eigenvalue weighted by Crippen LogP contribution is -2.44. The van der Waals surface area contributed by atoms with Crippen LogP contribution in [0.25, 0.3) is 0 Å². The molecular weight excluding hydrogens is 264 g/mol. The Bertz CT molecular complexity index is 541. The highest BCUT2D eigenvalue weighted by Gasteiger charge is 2.59. The summed E-state index contributed by atoms with van der Waals surface area (Å²) in [6.07, 6.45) is 6.56. The molecule has 0 bridgehead atoms. The lowest BCUT2D eigenvalue weighted by Gasteiger charge is -2.45. The fourth-order valence-electron chi connectivity index (χ4n) is 4.41. The van der Waals surface area contributed by atoms with Gasteiger partial charge < -0.3 is 9.47 Å². The Kier molecular flexibility index (Phi) is 3.07. The van der Waals surface area contributed by atoms with E-state index in [1.54, 1.807) is 0 Å². The van der Waals surface area contributed by atoms with E-state index >= 15 is 0 Å². The summed E-state index contributed by atoms with van der Waals surface area (Å²) in [5, 5.41) is 0. The largest absolute Gasteiger partial charge is 0.459 e.